The zero-order valence-corrected chi connectivity index (χ0v) is 13.9. The molecule has 0 bridgehead atoms. The number of hydrogen-bond donors (Lipinski definition) is 0. The van der Waals surface area contributed by atoms with Gasteiger partial charge in [0.25, 0.3) is 0 Å². The molecule has 0 amide bonds. The summed E-state index contributed by atoms with van der Waals surface area (Å²) in [5.41, 5.74) is -0.657. The van der Waals surface area contributed by atoms with E-state index in [-0.39, 0.29) is 22.7 Å². The average molecular weight is 328 g/mol. The molecule has 22 heavy (non-hydrogen) atoms. The maximum atomic E-state index is 12.1. The van der Waals surface area contributed by atoms with Gasteiger partial charge in [0.1, 0.15) is 17.0 Å². The summed E-state index contributed by atoms with van der Waals surface area (Å²) in [6.07, 6.45) is 1.37. The van der Waals surface area contributed by atoms with Gasteiger partial charge in [-0.15, -0.1) is 0 Å². The number of rotatable bonds is 6. The SMILES string of the molecule is COC(=O)C(C)(C)c1cc(OC)nc(CS(=O)(=O)C2CC2)n1. The van der Waals surface area contributed by atoms with Gasteiger partial charge < -0.3 is 9.47 Å². The fourth-order valence-electron chi connectivity index (χ4n) is 2.05. The smallest absolute Gasteiger partial charge is 0.317 e. The molecule has 0 saturated heterocycles. The van der Waals surface area contributed by atoms with Crippen LogP contribution in [-0.2, 0) is 30.5 Å². The van der Waals surface area contributed by atoms with E-state index < -0.39 is 21.2 Å². The minimum Gasteiger partial charge on any atom is -0.481 e. The summed E-state index contributed by atoms with van der Waals surface area (Å²) < 4.78 is 34.1. The van der Waals surface area contributed by atoms with Gasteiger partial charge in [0.2, 0.25) is 5.88 Å². The lowest BCUT2D eigenvalue weighted by Crippen LogP contribution is -2.32. The van der Waals surface area contributed by atoms with Crippen LogP contribution in [0.2, 0.25) is 0 Å². The third-order valence-corrected chi connectivity index (χ3v) is 5.80. The predicted octanol–water partition coefficient (Wildman–Crippen LogP) is 1.01. The highest BCUT2D eigenvalue weighted by atomic mass is 32.2. The van der Waals surface area contributed by atoms with Crippen LogP contribution in [0.4, 0.5) is 0 Å². The van der Waals surface area contributed by atoms with E-state index >= 15 is 0 Å². The Morgan fingerprint density at radius 3 is 2.45 bits per heavy atom. The molecule has 1 aliphatic carbocycles. The number of esters is 1. The monoisotopic (exact) mass is 328 g/mol. The second-order valence-corrected chi connectivity index (χ2v) is 8.12. The molecule has 0 aliphatic heterocycles. The fourth-order valence-corrected chi connectivity index (χ4v) is 3.63. The number of sulfone groups is 1. The lowest BCUT2D eigenvalue weighted by atomic mass is 9.89. The second kappa shape index (κ2) is 5.83. The van der Waals surface area contributed by atoms with Gasteiger partial charge in [-0.1, -0.05) is 0 Å². The first kappa shape index (κ1) is 16.7. The molecule has 1 saturated carbocycles. The molecule has 2 rings (SSSR count). The number of nitrogens with zero attached hydrogens (tertiary/aromatic N) is 2. The highest BCUT2D eigenvalue weighted by Crippen LogP contribution is 2.31. The molecule has 0 aromatic carbocycles. The van der Waals surface area contributed by atoms with Crippen LogP contribution in [0.3, 0.4) is 0 Å². The molecule has 0 spiro atoms. The van der Waals surface area contributed by atoms with Crippen molar-refractivity contribution >= 4 is 15.8 Å². The summed E-state index contributed by atoms with van der Waals surface area (Å²) in [6, 6.07) is 1.52. The second-order valence-electron chi connectivity index (χ2n) is 5.83. The molecule has 1 aliphatic rings. The molecule has 0 radical (unpaired) electrons. The van der Waals surface area contributed by atoms with E-state index in [1.165, 1.54) is 20.3 Å². The van der Waals surface area contributed by atoms with Gasteiger partial charge >= 0.3 is 5.97 Å². The molecular weight excluding hydrogens is 308 g/mol. The van der Waals surface area contributed by atoms with Crippen molar-refractivity contribution in [2.45, 2.75) is 43.1 Å². The summed E-state index contributed by atoms with van der Waals surface area (Å²) in [6.45, 7) is 3.31. The zero-order valence-electron chi connectivity index (χ0n) is 13.1. The highest BCUT2D eigenvalue weighted by Gasteiger charge is 2.37. The molecule has 1 aromatic heterocycles. The van der Waals surface area contributed by atoms with E-state index in [1.54, 1.807) is 13.8 Å². The Kier molecular flexibility index (Phi) is 4.42. The Labute approximate surface area is 130 Å². The third-order valence-electron chi connectivity index (χ3n) is 3.66. The summed E-state index contributed by atoms with van der Waals surface area (Å²) in [5.74, 6) is -0.357. The van der Waals surface area contributed by atoms with E-state index in [0.717, 1.165) is 0 Å². The van der Waals surface area contributed by atoms with E-state index in [2.05, 4.69) is 9.97 Å². The summed E-state index contributed by atoms with van der Waals surface area (Å²) in [5, 5.41) is -0.292. The third kappa shape index (κ3) is 3.37. The summed E-state index contributed by atoms with van der Waals surface area (Å²) >= 11 is 0. The number of carbonyl (C=O) groups is 1. The number of ether oxygens (including phenoxy) is 2. The first-order chi connectivity index (χ1) is 10.2. The van der Waals surface area contributed by atoms with Crippen molar-refractivity contribution in [3.8, 4) is 5.88 Å². The van der Waals surface area contributed by atoms with Gasteiger partial charge in [-0.2, -0.15) is 4.98 Å². The Morgan fingerprint density at radius 1 is 1.32 bits per heavy atom. The number of hydrogen-bond acceptors (Lipinski definition) is 7. The average Bonchev–Trinajstić information content (AvgIpc) is 3.30. The number of carbonyl (C=O) groups excluding carboxylic acids is 1. The van der Waals surface area contributed by atoms with Gasteiger partial charge in [0.15, 0.2) is 9.84 Å². The van der Waals surface area contributed by atoms with Crippen LogP contribution in [-0.4, -0.2) is 43.8 Å². The van der Waals surface area contributed by atoms with Gasteiger partial charge in [-0.3, -0.25) is 4.79 Å². The standard InChI is InChI=1S/C14H20N2O5S/c1-14(2,13(17)21-4)10-7-12(20-3)16-11(15-10)8-22(18,19)9-5-6-9/h7,9H,5-6,8H2,1-4H3. The van der Waals surface area contributed by atoms with Gasteiger partial charge in [0.05, 0.1) is 25.2 Å². The van der Waals surface area contributed by atoms with Crippen LogP contribution in [0.5, 0.6) is 5.88 Å². The lowest BCUT2D eigenvalue weighted by molar-refractivity contribution is -0.146. The lowest BCUT2D eigenvalue weighted by Gasteiger charge is -2.21. The van der Waals surface area contributed by atoms with Crippen LogP contribution in [0.25, 0.3) is 0 Å². The van der Waals surface area contributed by atoms with Crippen LogP contribution in [0.1, 0.15) is 38.2 Å². The first-order valence-electron chi connectivity index (χ1n) is 6.93. The molecule has 0 unspecified atom stereocenters. The minimum atomic E-state index is -3.25. The van der Waals surface area contributed by atoms with Crippen LogP contribution in [0.15, 0.2) is 6.07 Å². The quantitative estimate of drug-likeness (QED) is 0.719. The van der Waals surface area contributed by atoms with Crippen molar-refractivity contribution in [3.05, 3.63) is 17.6 Å². The molecule has 8 heteroatoms. The van der Waals surface area contributed by atoms with E-state index in [1.807, 2.05) is 0 Å². The Bertz CT molecular complexity index is 680. The number of aromatic nitrogens is 2. The Balaban J connectivity index is 2.40. The Hall–Kier alpha value is -1.70. The molecule has 7 nitrogen and oxygen atoms in total. The molecule has 0 atom stereocenters. The largest absolute Gasteiger partial charge is 0.481 e. The van der Waals surface area contributed by atoms with E-state index in [9.17, 15) is 13.2 Å². The van der Waals surface area contributed by atoms with Crippen LogP contribution < -0.4 is 4.74 Å². The fraction of sp³-hybridized carbons (Fsp3) is 0.643. The maximum Gasteiger partial charge on any atom is 0.317 e. The molecule has 122 valence electrons. The van der Waals surface area contributed by atoms with Crippen molar-refractivity contribution in [2.24, 2.45) is 0 Å². The van der Waals surface area contributed by atoms with Crippen LogP contribution in [0, 0.1) is 0 Å². The van der Waals surface area contributed by atoms with Gasteiger partial charge in [-0.05, 0) is 26.7 Å². The highest BCUT2D eigenvalue weighted by molar-refractivity contribution is 7.91. The normalized spacial score (nSPS) is 15.5. The molecular formula is C14H20N2O5S. The first-order valence-corrected chi connectivity index (χ1v) is 8.64. The van der Waals surface area contributed by atoms with Gasteiger partial charge in [-0.25, -0.2) is 13.4 Å². The van der Waals surface area contributed by atoms with Crippen molar-refractivity contribution in [3.63, 3.8) is 0 Å². The molecule has 1 aromatic rings. The summed E-state index contributed by atoms with van der Waals surface area (Å²) in [4.78, 5) is 20.2. The molecule has 1 fully saturated rings. The zero-order chi connectivity index (χ0) is 16.5. The topological polar surface area (TPSA) is 95.5 Å². The van der Waals surface area contributed by atoms with E-state index in [4.69, 9.17) is 9.47 Å². The Morgan fingerprint density at radius 2 is 1.95 bits per heavy atom. The van der Waals surface area contributed by atoms with Gasteiger partial charge in [0, 0.05) is 6.07 Å². The maximum absolute atomic E-state index is 12.1. The van der Waals surface area contributed by atoms with Crippen molar-refractivity contribution in [1.29, 1.82) is 0 Å². The van der Waals surface area contributed by atoms with E-state index in [0.29, 0.717) is 18.5 Å². The number of methoxy groups -OCH3 is 2. The minimum absolute atomic E-state index is 0.137. The predicted molar refractivity (Wildman–Crippen MR) is 79.3 cm³/mol. The van der Waals surface area contributed by atoms with Crippen molar-refractivity contribution in [1.82, 2.24) is 9.97 Å². The van der Waals surface area contributed by atoms with Crippen LogP contribution >= 0.6 is 0 Å². The molecule has 0 N–H and O–H groups in total. The van der Waals surface area contributed by atoms with Crippen molar-refractivity contribution in [2.75, 3.05) is 14.2 Å². The summed E-state index contributed by atoms with van der Waals surface area (Å²) in [7, 11) is -0.530. The molecule has 1 heterocycles. The van der Waals surface area contributed by atoms with Crippen molar-refractivity contribution < 1.29 is 22.7 Å².